The largest absolute Gasteiger partial charge is 0.300 e. The number of carbonyl (C=O) groups excluding carboxylic acids is 1. The van der Waals surface area contributed by atoms with Gasteiger partial charge in [-0.05, 0) is 12.3 Å². The first-order chi connectivity index (χ1) is 3.83. The maximum atomic E-state index is 10.6. The molecule has 8 heavy (non-hydrogen) atoms. The van der Waals surface area contributed by atoms with Gasteiger partial charge in [-0.25, -0.2) is 0 Å². The van der Waals surface area contributed by atoms with Crippen molar-refractivity contribution >= 4 is 17.4 Å². The highest BCUT2D eigenvalue weighted by molar-refractivity contribution is 6.18. The van der Waals surface area contributed by atoms with E-state index in [0.29, 0.717) is 17.6 Å². The number of rotatable bonds is 1. The zero-order chi connectivity index (χ0) is 5.98. The predicted molar refractivity (Wildman–Crippen MR) is 33.1 cm³/mol. The molecule has 0 saturated heterocycles. The predicted octanol–water partition coefficient (Wildman–Crippen LogP) is 1.59. The van der Waals surface area contributed by atoms with Crippen LogP contribution in [0.2, 0.25) is 0 Å². The first-order valence-electron chi connectivity index (χ1n) is 2.90. The lowest BCUT2D eigenvalue weighted by atomic mass is 10.1. The van der Waals surface area contributed by atoms with Gasteiger partial charge in [0.25, 0.3) is 0 Å². The van der Waals surface area contributed by atoms with Crippen LogP contribution in [-0.4, -0.2) is 11.7 Å². The molecule has 0 aliphatic heterocycles. The molecule has 0 amide bonds. The van der Waals surface area contributed by atoms with Gasteiger partial charge >= 0.3 is 0 Å². The number of Topliss-reactive ketones (excluding diaryl/α,β-unsaturated/α-hetero) is 1. The van der Waals surface area contributed by atoms with E-state index in [1.54, 1.807) is 0 Å². The number of alkyl halides is 1. The minimum Gasteiger partial charge on any atom is -0.300 e. The molecule has 2 heteroatoms. The number of hydrogen-bond acceptors (Lipinski definition) is 1. The Kier molecular flexibility index (Phi) is 1.90. The van der Waals surface area contributed by atoms with E-state index in [9.17, 15) is 4.79 Å². The van der Waals surface area contributed by atoms with Crippen molar-refractivity contribution < 1.29 is 4.79 Å². The second-order valence-electron chi connectivity index (χ2n) is 2.30. The summed E-state index contributed by atoms with van der Waals surface area (Å²) >= 11 is 5.52. The van der Waals surface area contributed by atoms with Gasteiger partial charge in [0.1, 0.15) is 5.78 Å². The van der Waals surface area contributed by atoms with Crippen LogP contribution in [0.3, 0.4) is 0 Å². The fourth-order valence-corrected chi connectivity index (χ4v) is 1.29. The van der Waals surface area contributed by atoms with Crippen LogP contribution in [-0.2, 0) is 4.79 Å². The Morgan fingerprint density at radius 3 is 2.75 bits per heavy atom. The average molecular weight is 133 g/mol. The van der Waals surface area contributed by atoms with Crippen LogP contribution in [0.4, 0.5) is 0 Å². The summed E-state index contributed by atoms with van der Waals surface area (Å²) in [4.78, 5) is 10.6. The quantitative estimate of drug-likeness (QED) is 0.496. The highest BCUT2D eigenvalue weighted by Crippen LogP contribution is 2.22. The molecule has 0 aromatic carbocycles. The molecular weight excluding hydrogens is 124 g/mol. The van der Waals surface area contributed by atoms with Gasteiger partial charge in [0.2, 0.25) is 0 Å². The molecule has 1 rings (SSSR count). The van der Waals surface area contributed by atoms with Crippen molar-refractivity contribution in [2.75, 3.05) is 5.88 Å². The van der Waals surface area contributed by atoms with Gasteiger partial charge in [-0.3, -0.25) is 4.79 Å². The Bertz CT molecular complexity index is 101. The van der Waals surface area contributed by atoms with Crippen LogP contribution in [0.15, 0.2) is 0 Å². The van der Waals surface area contributed by atoms with Crippen molar-refractivity contribution in [3.05, 3.63) is 0 Å². The fourth-order valence-electron chi connectivity index (χ4n) is 1.02. The molecule has 1 fully saturated rings. The summed E-state index contributed by atoms with van der Waals surface area (Å²) in [6.45, 7) is 0. The summed E-state index contributed by atoms with van der Waals surface area (Å²) in [6.07, 6.45) is 2.50. The zero-order valence-corrected chi connectivity index (χ0v) is 5.45. The molecule has 0 N–H and O–H groups in total. The van der Waals surface area contributed by atoms with E-state index in [1.165, 1.54) is 0 Å². The number of carbonyl (C=O) groups is 1. The zero-order valence-electron chi connectivity index (χ0n) is 4.69. The fraction of sp³-hybridized carbons (Fsp3) is 0.833. The van der Waals surface area contributed by atoms with Gasteiger partial charge < -0.3 is 0 Å². The first kappa shape index (κ1) is 6.09. The van der Waals surface area contributed by atoms with Crippen LogP contribution in [0, 0.1) is 5.92 Å². The van der Waals surface area contributed by atoms with Crippen LogP contribution < -0.4 is 0 Å². The monoisotopic (exact) mass is 132 g/mol. The minimum absolute atomic E-state index is 0.385. The highest BCUT2D eigenvalue weighted by Gasteiger charge is 2.20. The summed E-state index contributed by atoms with van der Waals surface area (Å²) in [5.41, 5.74) is 0. The third-order valence-corrected chi connectivity index (χ3v) is 2.00. The summed E-state index contributed by atoms with van der Waals surface area (Å²) < 4.78 is 0. The minimum atomic E-state index is 0.385. The van der Waals surface area contributed by atoms with Crippen molar-refractivity contribution in [3.8, 4) is 0 Å². The van der Waals surface area contributed by atoms with Gasteiger partial charge in [-0.15, -0.1) is 11.6 Å². The Hall–Kier alpha value is -0.0400. The summed E-state index contributed by atoms with van der Waals surface area (Å²) in [6, 6.07) is 0. The van der Waals surface area contributed by atoms with E-state index < -0.39 is 0 Å². The number of ketones is 1. The second kappa shape index (κ2) is 2.49. The molecule has 1 atom stereocenters. The third kappa shape index (κ3) is 1.22. The molecule has 0 radical (unpaired) electrons. The standard InChI is InChI=1S/C6H9ClO/c7-4-5-1-2-6(8)3-5/h5H,1-4H2. The Morgan fingerprint density at radius 2 is 2.50 bits per heavy atom. The lowest BCUT2D eigenvalue weighted by Gasteiger charge is -1.96. The summed E-state index contributed by atoms with van der Waals surface area (Å²) in [7, 11) is 0. The molecule has 46 valence electrons. The van der Waals surface area contributed by atoms with Gasteiger partial charge in [0.15, 0.2) is 0 Å². The van der Waals surface area contributed by atoms with E-state index in [1.807, 2.05) is 0 Å². The average Bonchev–Trinajstić information content (AvgIpc) is 2.14. The van der Waals surface area contributed by atoms with Crippen LogP contribution in [0.1, 0.15) is 19.3 Å². The van der Waals surface area contributed by atoms with Crippen LogP contribution in [0.5, 0.6) is 0 Å². The maximum Gasteiger partial charge on any atom is 0.133 e. The lowest BCUT2D eigenvalue weighted by Crippen LogP contribution is -1.95. The SMILES string of the molecule is O=C1CCC(CCl)C1. The molecule has 1 saturated carbocycles. The third-order valence-electron chi connectivity index (χ3n) is 1.57. The van der Waals surface area contributed by atoms with Crippen molar-refractivity contribution in [2.24, 2.45) is 5.92 Å². The highest BCUT2D eigenvalue weighted by atomic mass is 35.5. The molecule has 0 aromatic rings. The van der Waals surface area contributed by atoms with Crippen molar-refractivity contribution in [2.45, 2.75) is 19.3 Å². The number of hydrogen-bond donors (Lipinski definition) is 0. The topological polar surface area (TPSA) is 17.1 Å². The van der Waals surface area contributed by atoms with E-state index in [-0.39, 0.29) is 0 Å². The van der Waals surface area contributed by atoms with E-state index in [4.69, 9.17) is 11.6 Å². The van der Waals surface area contributed by atoms with Gasteiger partial charge in [-0.2, -0.15) is 0 Å². The van der Waals surface area contributed by atoms with E-state index in [2.05, 4.69) is 0 Å². The van der Waals surface area contributed by atoms with Crippen molar-refractivity contribution in [1.29, 1.82) is 0 Å². The second-order valence-corrected chi connectivity index (χ2v) is 2.61. The molecule has 0 heterocycles. The molecule has 1 nitrogen and oxygen atoms in total. The maximum absolute atomic E-state index is 10.6. The smallest absolute Gasteiger partial charge is 0.133 e. The first-order valence-corrected chi connectivity index (χ1v) is 3.44. The molecule has 1 aliphatic carbocycles. The molecule has 0 spiro atoms. The normalized spacial score (nSPS) is 29.1. The van der Waals surface area contributed by atoms with E-state index >= 15 is 0 Å². The molecule has 1 aliphatic rings. The van der Waals surface area contributed by atoms with Gasteiger partial charge in [-0.1, -0.05) is 0 Å². The summed E-state index contributed by atoms with van der Waals surface area (Å²) in [5.74, 6) is 1.53. The molecular formula is C6H9ClO. The Labute approximate surface area is 54.0 Å². The van der Waals surface area contributed by atoms with Gasteiger partial charge in [0.05, 0.1) is 0 Å². The van der Waals surface area contributed by atoms with Crippen LogP contribution in [0.25, 0.3) is 0 Å². The molecule has 0 bridgehead atoms. The lowest BCUT2D eigenvalue weighted by molar-refractivity contribution is -0.117. The Morgan fingerprint density at radius 1 is 1.75 bits per heavy atom. The molecule has 1 unspecified atom stereocenters. The van der Waals surface area contributed by atoms with Gasteiger partial charge in [0, 0.05) is 18.7 Å². The molecule has 0 aromatic heterocycles. The number of halogens is 1. The van der Waals surface area contributed by atoms with Crippen LogP contribution >= 0.6 is 11.6 Å². The Balaban J connectivity index is 2.32. The van der Waals surface area contributed by atoms with Crippen molar-refractivity contribution in [3.63, 3.8) is 0 Å². The summed E-state index contributed by atoms with van der Waals surface area (Å²) in [5, 5.41) is 0. The van der Waals surface area contributed by atoms with Crippen molar-refractivity contribution in [1.82, 2.24) is 0 Å². The van der Waals surface area contributed by atoms with E-state index in [0.717, 1.165) is 19.3 Å².